The Balaban J connectivity index is 3.14. The number of thiazole rings is 1. The summed E-state index contributed by atoms with van der Waals surface area (Å²) in [5.74, 6) is -0.451. The maximum Gasteiger partial charge on any atom is 0.410 e. The lowest BCUT2D eigenvalue weighted by molar-refractivity contribution is 0.00503. The predicted molar refractivity (Wildman–Crippen MR) is 119 cm³/mol. The molecule has 7 nitrogen and oxygen atoms in total. The number of amides is 1. The van der Waals surface area contributed by atoms with Crippen molar-refractivity contribution in [2.75, 3.05) is 19.8 Å². The number of hydrogen-bond acceptors (Lipinski definition) is 7. The smallest absolute Gasteiger partial charge is 0.410 e. The van der Waals surface area contributed by atoms with E-state index in [-0.39, 0.29) is 23.9 Å². The van der Waals surface area contributed by atoms with Crippen molar-refractivity contribution < 1.29 is 23.8 Å². The average molecular weight is 441 g/mol. The first-order chi connectivity index (χ1) is 14.0. The van der Waals surface area contributed by atoms with Crippen LogP contribution >= 0.6 is 11.3 Å². The Bertz CT molecular complexity index is 711. The summed E-state index contributed by atoms with van der Waals surface area (Å²) >= 11 is 1.35. The number of nitrogens with zero attached hydrogens (tertiary/aromatic N) is 2. The van der Waals surface area contributed by atoms with Gasteiger partial charge in [0.25, 0.3) is 0 Å². The van der Waals surface area contributed by atoms with E-state index in [1.54, 1.807) is 17.2 Å². The molecule has 0 saturated carbocycles. The number of carbonyl (C=O) groups excluding carboxylic acids is 2. The van der Waals surface area contributed by atoms with Crippen molar-refractivity contribution in [1.82, 2.24) is 9.88 Å². The minimum absolute atomic E-state index is 0.269. The minimum Gasteiger partial charge on any atom is -0.461 e. The predicted octanol–water partition coefficient (Wildman–Crippen LogP) is 5.38. The molecule has 0 saturated heterocycles. The molecule has 0 aliphatic rings. The summed E-state index contributed by atoms with van der Waals surface area (Å²) in [6, 6.07) is -0.286. The number of esters is 1. The number of rotatable bonds is 11. The monoisotopic (exact) mass is 440 g/mol. The first kappa shape index (κ1) is 26.1. The van der Waals surface area contributed by atoms with Gasteiger partial charge in [-0.2, -0.15) is 0 Å². The lowest BCUT2D eigenvalue weighted by Gasteiger charge is -2.35. The van der Waals surface area contributed by atoms with Crippen molar-refractivity contribution in [1.29, 1.82) is 0 Å². The van der Waals surface area contributed by atoms with Gasteiger partial charge in [0.05, 0.1) is 12.6 Å². The van der Waals surface area contributed by atoms with E-state index < -0.39 is 11.6 Å². The van der Waals surface area contributed by atoms with Crippen LogP contribution in [0, 0.1) is 0 Å². The summed E-state index contributed by atoms with van der Waals surface area (Å²) in [6.45, 7) is 18.5. The Labute approximate surface area is 184 Å². The number of aromatic nitrogens is 1. The van der Waals surface area contributed by atoms with Gasteiger partial charge < -0.3 is 19.1 Å². The highest BCUT2D eigenvalue weighted by molar-refractivity contribution is 7.09. The van der Waals surface area contributed by atoms with Crippen molar-refractivity contribution in [2.24, 2.45) is 0 Å². The summed E-state index contributed by atoms with van der Waals surface area (Å²) in [4.78, 5) is 31.0. The van der Waals surface area contributed by atoms with E-state index in [9.17, 15) is 9.59 Å². The van der Waals surface area contributed by atoms with Gasteiger partial charge in [0, 0.05) is 25.0 Å². The van der Waals surface area contributed by atoms with Crippen molar-refractivity contribution >= 4 is 23.4 Å². The van der Waals surface area contributed by atoms with Gasteiger partial charge in [-0.15, -0.1) is 11.3 Å². The van der Waals surface area contributed by atoms with Gasteiger partial charge in [-0.3, -0.25) is 0 Å². The third kappa shape index (κ3) is 8.07. The molecule has 1 aromatic rings. The third-order valence-corrected chi connectivity index (χ3v) is 5.06. The molecule has 30 heavy (non-hydrogen) atoms. The first-order valence-electron chi connectivity index (χ1n) is 10.4. The standard InChI is InChI=1S/C22H36N2O5S/c1-9-12-24(21(26)29-22(6,7)8)17(15(4)5)13-18(27-10-2)19-23-16(14-30-19)20(25)28-11-3/h14,17-18H,4,9-13H2,1-3,5-8H3/t17-,18+/m1/s1. The summed E-state index contributed by atoms with van der Waals surface area (Å²) in [5.41, 5.74) is 0.512. The average Bonchev–Trinajstić information content (AvgIpc) is 3.12. The summed E-state index contributed by atoms with van der Waals surface area (Å²) in [7, 11) is 0. The third-order valence-electron chi connectivity index (χ3n) is 4.12. The number of ether oxygens (including phenoxy) is 3. The molecule has 0 radical (unpaired) electrons. The summed E-state index contributed by atoms with van der Waals surface area (Å²) in [6.07, 6.45) is 0.496. The van der Waals surface area contributed by atoms with Gasteiger partial charge in [0.15, 0.2) is 5.69 Å². The molecule has 0 aliphatic carbocycles. The maximum absolute atomic E-state index is 12.9. The highest BCUT2D eigenvalue weighted by Gasteiger charge is 2.32. The molecule has 1 rings (SSSR count). The summed E-state index contributed by atoms with van der Waals surface area (Å²) in [5, 5.41) is 2.35. The largest absolute Gasteiger partial charge is 0.461 e. The van der Waals surface area contributed by atoms with Crippen LogP contribution in [0.2, 0.25) is 0 Å². The number of carbonyl (C=O) groups is 2. The Morgan fingerprint density at radius 2 is 1.90 bits per heavy atom. The van der Waals surface area contributed by atoms with Crippen LogP contribution in [-0.2, 0) is 14.2 Å². The molecule has 0 spiro atoms. The van der Waals surface area contributed by atoms with Crippen LogP contribution in [0.5, 0.6) is 0 Å². The van der Waals surface area contributed by atoms with Crippen molar-refractivity contribution in [3.8, 4) is 0 Å². The van der Waals surface area contributed by atoms with Crippen LogP contribution in [0.3, 0.4) is 0 Å². The lowest BCUT2D eigenvalue weighted by Crippen LogP contribution is -2.45. The van der Waals surface area contributed by atoms with Gasteiger partial charge in [-0.05, 0) is 48.0 Å². The highest BCUT2D eigenvalue weighted by atomic mass is 32.1. The fourth-order valence-corrected chi connectivity index (χ4v) is 3.76. The Kier molecular flexibility index (Phi) is 10.5. The van der Waals surface area contributed by atoms with Crippen LogP contribution in [0.15, 0.2) is 17.5 Å². The first-order valence-corrected chi connectivity index (χ1v) is 11.3. The molecule has 0 aliphatic heterocycles. The Morgan fingerprint density at radius 1 is 1.23 bits per heavy atom. The molecule has 0 aromatic carbocycles. The second-order valence-electron chi connectivity index (χ2n) is 8.01. The van der Waals surface area contributed by atoms with E-state index in [0.717, 1.165) is 12.0 Å². The zero-order valence-corrected chi connectivity index (χ0v) is 20.1. The van der Waals surface area contributed by atoms with Crippen molar-refractivity contribution in [3.05, 3.63) is 28.2 Å². The van der Waals surface area contributed by atoms with Crippen LogP contribution in [0.25, 0.3) is 0 Å². The minimum atomic E-state index is -0.591. The van der Waals surface area contributed by atoms with E-state index >= 15 is 0 Å². The van der Waals surface area contributed by atoms with E-state index in [0.29, 0.717) is 31.2 Å². The van der Waals surface area contributed by atoms with Crippen LogP contribution in [-0.4, -0.2) is 53.3 Å². The van der Waals surface area contributed by atoms with Gasteiger partial charge in [0.1, 0.15) is 16.7 Å². The van der Waals surface area contributed by atoms with Crippen LogP contribution in [0.1, 0.15) is 82.9 Å². The highest BCUT2D eigenvalue weighted by Crippen LogP contribution is 2.31. The van der Waals surface area contributed by atoms with E-state index in [1.165, 1.54) is 11.3 Å². The zero-order valence-electron chi connectivity index (χ0n) is 19.3. The zero-order chi connectivity index (χ0) is 22.9. The molecular formula is C22H36N2O5S. The second kappa shape index (κ2) is 12.1. The van der Waals surface area contributed by atoms with Crippen LogP contribution in [0.4, 0.5) is 4.79 Å². The molecule has 1 aromatic heterocycles. The molecular weight excluding hydrogens is 404 g/mol. The van der Waals surface area contributed by atoms with E-state index in [2.05, 4.69) is 11.6 Å². The molecule has 0 N–H and O–H groups in total. The lowest BCUT2D eigenvalue weighted by atomic mass is 10.0. The van der Waals surface area contributed by atoms with Crippen molar-refractivity contribution in [2.45, 2.75) is 79.1 Å². The summed E-state index contributed by atoms with van der Waals surface area (Å²) < 4.78 is 16.6. The van der Waals surface area contributed by atoms with E-state index in [1.807, 2.05) is 41.5 Å². The van der Waals surface area contributed by atoms with Gasteiger partial charge in [0.2, 0.25) is 0 Å². The molecule has 2 atom stereocenters. The Hall–Kier alpha value is -1.93. The molecule has 0 unspecified atom stereocenters. The SMILES string of the molecule is C=C(C)[C@@H](C[C@H](OCC)c1nc(C(=O)OCC)cs1)N(CCC)C(=O)OC(C)(C)C. The number of hydrogen-bond donors (Lipinski definition) is 0. The fourth-order valence-electron chi connectivity index (χ4n) is 2.91. The molecule has 170 valence electrons. The molecule has 0 bridgehead atoms. The van der Waals surface area contributed by atoms with Gasteiger partial charge in [-0.25, -0.2) is 14.6 Å². The maximum atomic E-state index is 12.9. The van der Waals surface area contributed by atoms with E-state index in [4.69, 9.17) is 14.2 Å². The topological polar surface area (TPSA) is 78.0 Å². The Morgan fingerprint density at radius 3 is 2.40 bits per heavy atom. The fraction of sp³-hybridized carbons (Fsp3) is 0.682. The van der Waals surface area contributed by atoms with Gasteiger partial charge >= 0.3 is 12.1 Å². The van der Waals surface area contributed by atoms with Crippen molar-refractivity contribution in [3.63, 3.8) is 0 Å². The normalized spacial score (nSPS) is 13.4. The molecule has 8 heteroatoms. The second-order valence-corrected chi connectivity index (χ2v) is 8.90. The van der Waals surface area contributed by atoms with Gasteiger partial charge in [-0.1, -0.05) is 19.1 Å². The molecule has 1 heterocycles. The molecule has 0 fully saturated rings. The van der Waals surface area contributed by atoms with Crippen LogP contribution < -0.4 is 0 Å². The quantitative estimate of drug-likeness (QED) is 0.340. The molecule has 1 amide bonds.